The van der Waals surface area contributed by atoms with Gasteiger partial charge in [0.1, 0.15) is 6.10 Å². The van der Waals surface area contributed by atoms with Crippen LogP contribution in [-0.2, 0) is 33.2 Å². The standard InChI is InChI=1S/C14H20O7/c1-7(15)17-10-9(8-6-16-13(2,3)19-8)18-12-11(10)20-14(4,5)21-12/h8,11-12H,6H2,1-5H3/t8-,11-,12+/m0/s1. The molecule has 3 aliphatic heterocycles. The van der Waals surface area contributed by atoms with Gasteiger partial charge in [-0.05, 0) is 27.7 Å². The number of fused-ring (bicyclic) bond motifs is 1. The smallest absolute Gasteiger partial charge is 0.307 e. The molecule has 0 saturated carbocycles. The summed E-state index contributed by atoms with van der Waals surface area (Å²) in [5.74, 6) is -1.23. The highest BCUT2D eigenvalue weighted by Gasteiger charge is 2.54. The minimum atomic E-state index is -0.793. The van der Waals surface area contributed by atoms with Crippen LogP contribution in [0.25, 0.3) is 0 Å². The first-order valence-electron chi connectivity index (χ1n) is 6.93. The summed E-state index contributed by atoms with van der Waals surface area (Å²) in [6.07, 6.45) is -1.67. The van der Waals surface area contributed by atoms with E-state index in [1.165, 1.54) is 6.92 Å². The molecule has 118 valence electrons. The van der Waals surface area contributed by atoms with Crippen LogP contribution in [-0.4, -0.2) is 42.6 Å². The molecule has 0 bridgehead atoms. The van der Waals surface area contributed by atoms with E-state index >= 15 is 0 Å². The van der Waals surface area contributed by atoms with Gasteiger partial charge in [0.15, 0.2) is 29.2 Å². The molecule has 0 aliphatic carbocycles. The molecule has 0 aromatic rings. The molecule has 0 amide bonds. The van der Waals surface area contributed by atoms with Crippen molar-refractivity contribution < 1.29 is 33.2 Å². The predicted octanol–water partition coefficient (Wildman–Crippen LogP) is 1.42. The first-order chi connectivity index (χ1) is 9.67. The zero-order chi connectivity index (χ0) is 15.4. The van der Waals surface area contributed by atoms with Gasteiger partial charge in [0, 0.05) is 6.92 Å². The molecule has 0 N–H and O–H groups in total. The van der Waals surface area contributed by atoms with Crippen LogP contribution in [0.3, 0.4) is 0 Å². The van der Waals surface area contributed by atoms with Gasteiger partial charge in [-0.15, -0.1) is 0 Å². The molecular formula is C14H20O7. The van der Waals surface area contributed by atoms with E-state index in [-0.39, 0.29) is 0 Å². The Labute approximate surface area is 123 Å². The molecule has 2 saturated heterocycles. The van der Waals surface area contributed by atoms with Crippen LogP contribution in [0, 0.1) is 0 Å². The Kier molecular flexibility index (Phi) is 3.29. The van der Waals surface area contributed by atoms with E-state index in [1.54, 1.807) is 13.8 Å². The fourth-order valence-corrected chi connectivity index (χ4v) is 2.63. The lowest BCUT2D eigenvalue weighted by Crippen LogP contribution is -2.26. The summed E-state index contributed by atoms with van der Waals surface area (Å²) in [6.45, 7) is 8.82. The molecule has 0 unspecified atom stereocenters. The summed E-state index contributed by atoms with van der Waals surface area (Å²) in [7, 11) is 0. The molecule has 0 aromatic heterocycles. The molecule has 3 atom stereocenters. The van der Waals surface area contributed by atoms with Gasteiger partial charge in [-0.3, -0.25) is 4.79 Å². The number of esters is 1. The van der Waals surface area contributed by atoms with Crippen LogP contribution < -0.4 is 0 Å². The Hall–Kier alpha value is -1.15. The van der Waals surface area contributed by atoms with E-state index in [1.807, 2.05) is 13.8 Å². The molecule has 7 heteroatoms. The van der Waals surface area contributed by atoms with Gasteiger partial charge in [-0.1, -0.05) is 0 Å². The van der Waals surface area contributed by atoms with Gasteiger partial charge in [0.25, 0.3) is 0 Å². The molecule has 3 aliphatic rings. The van der Waals surface area contributed by atoms with Gasteiger partial charge in [0.05, 0.1) is 6.61 Å². The van der Waals surface area contributed by atoms with Crippen molar-refractivity contribution in [2.45, 2.75) is 64.7 Å². The third-order valence-corrected chi connectivity index (χ3v) is 3.36. The Morgan fingerprint density at radius 1 is 1.14 bits per heavy atom. The first-order valence-corrected chi connectivity index (χ1v) is 6.93. The number of hydrogen-bond donors (Lipinski definition) is 0. The van der Waals surface area contributed by atoms with Crippen molar-refractivity contribution >= 4 is 5.97 Å². The van der Waals surface area contributed by atoms with Crippen LogP contribution in [0.15, 0.2) is 11.5 Å². The maximum Gasteiger partial charge on any atom is 0.307 e. The minimum Gasteiger partial charge on any atom is -0.459 e. The average molecular weight is 300 g/mol. The molecule has 0 radical (unpaired) electrons. The SMILES string of the molecule is CC(=O)OC1=C([C@@H]2COC(C)(C)O2)O[C@@H]2OC(C)(C)O[C@@H]12. The normalized spacial score (nSPS) is 36.5. The number of carbonyl (C=O) groups is 1. The van der Waals surface area contributed by atoms with E-state index < -0.39 is 36.0 Å². The fourth-order valence-electron chi connectivity index (χ4n) is 2.63. The Balaban J connectivity index is 1.87. The number of ether oxygens (including phenoxy) is 6. The van der Waals surface area contributed by atoms with E-state index in [0.717, 1.165) is 0 Å². The highest BCUT2D eigenvalue weighted by molar-refractivity contribution is 5.67. The van der Waals surface area contributed by atoms with E-state index in [4.69, 9.17) is 28.4 Å². The Morgan fingerprint density at radius 2 is 1.86 bits per heavy atom. The maximum atomic E-state index is 11.4. The Morgan fingerprint density at radius 3 is 2.43 bits per heavy atom. The lowest BCUT2D eigenvalue weighted by Gasteiger charge is -2.21. The average Bonchev–Trinajstić information content (AvgIpc) is 2.90. The van der Waals surface area contributed by atoms with Crippen molar-refractivity contribution in [3.63, 3.8) is 0 Å². The summed E-state index contributed by atoms with van der Waals surface area (Å²) in [5, 5.41) is 0. The number of rotatable bonds is 2. The third kappa shape index (κ3) is 2.78. The summed E-state index contributed by atoms with van der Waals surface area (Å²) in [4.78, 5) is 11.4. The van der Waals surface area contributed by atoms with E-state index in [9.17, 15) is 4.79 Å². The highest BCUT2D eigenvalue weighted by Crippen LogP contribution is 2.43. The van der Waals surface area contributed by atoms with Crippen molar-refractivity contribution in [2.24, 2.45) is 0 Å². The van der Waals surface area contributed by atoms with Crippen molar-refractivity contribution in [2.75, 3.05) is 6.61 Å². The monoisotopic (exact) mass is 300 g/mol. The topological polar surface area (TPSA) is 72.5 Å². The van der Waals surface area contributed by atoms with Crippen LogP contribution >= 0.6 is 0 Å². The van der Waals surface area contributed by atoms with Gasteiger partial charge >= 0.3 is 5.97 Å². The minimum absolute atomic E-state index is 0.310. The summed E-state index contributed by atoms with van der Waals surface area (Å²) < 4.78 is 33.7. The molecule has 21 heavy (non-hydrogen) atoms. The van der Waals surface area contributed by atoms with Crippen LogP contribution in [0.5, 0.6) is 0 Å². The number of carbonyl (C=O) groups excluding carboxylic acids is 1. The van der Waals surface area contributed by atoms with Crippen molar-refractivity contribution in [1.29, 1.82) is 0 Å². The van der Waals surface area contributed by atoms with Crippen molar-refractivity contribution in [3.8, 4) is 0 Å². The van der Waals surface area contributed by atoms with Crippen molar-refractivity contribution in [1.82, 2.24) is 0 Å². The molecule has 0 spiro atoms. The van der Waals surface area contributed by atoms with Crippen molar-refractivity contribution in [3.05, 3.63) is 11.5 Å². The Bertz CT molecular complexity index is 494. The predicted molar refractivity (Wildman–Crippen MR) is 68.6 cm³/mol. The zero-order valence-corrected chi connectivity index (χ0v) is 12.8. The van der Waals surface area contributed by atoms with Gasteiger partial charge in [0.2, 0.25) is 6.29 Å². The summed E-state index contributed by atoms with van der Waals surface area (Å²) >= 11 is 0. The highest BCUT2D eigenvalue weighted by atomic mass is 16.8. The molecule has 0 aromatic carbocycles. The van der Waals surface area contributed by atoms with Gasteiger partial charge in [-0.2, -0.15) is 0 Å². The lowest BCUT2D eigenvalue weighted by molar-refractivity contribution is -0.190. The molecule has 3 rings (SSSR count). The largest absolute Gasteiger partial charge is 0.459 e. The summed E-state index contributed by atoms with van der Waals surface area (Å²) in [6, 6.07) is 0. The quantitative estimate of drug-likeness (QED) is 0.714. The second-order valence-corrected chi connectivity index (χ2v) is 6.18. The first kappa shape index (κ1) is 14.8. The van der Waals surface area contributed by atoms with Gasteiger partial charge < -0.3 is 28.4 Å². The zero-order valence-electron chi connectivity index (χ0n) is 12.8. The number of hydrogen-bond acceptors (Lipinski definition) is 7. The van der Waals surface area contributed by atoms with Gasteiger partial charge in [-0.25, -0.2) is 0 Å². The molecule has 7 nitrogen and oxygen atoms in total. The second kappa shape index (κ2) is 4.67. The lowest BCUT2D eigenvalue weighted by atomic mass is 10.2. The van der Waals surface area contributed by atoms with Crippen LogP contribution in [0.4, 0.5) is 0 Å². The summed E-state index contributed by atoms with van der Waals surface area (Å²) in [5.41, 5.74) is 0. The fraction of sp³-hybridized carbons (Fsp3) is 0.786. The molecular weight excluding hydrogens is 280 g/mol. The van der Waals surface area contributed by atoms with E-state index in [2.05, 4.69) is 0 Å². The molecule has 2 fully saturated rings. The maximum absolute atomic E-state index is 11.4. The molecule has 3 heterocycles. The van der Waals surface area contributed by atoms with Crippen LogP contribution in [0.1, 0.15) is 34.6 Å². The third-order valence-electron chi connectivity index (χ3n) is 3.36. The van der Waals surface area contributed by atoms with Crippen LogP contribution in [0.2, 0.25) is 0 Å². The second-order valence-electron chi connectivity index (χ2n) is 6.18. The van der Waals surface area contributed by atoms with E-state index in [0.29, 0.717) is 18.1 Å².